The molecule has 2 rings (SSSR count). The van der Waals surface area contributed by atoms with E-state index in [1.807, 2.05) is 6.07 Å². The van der Waals surface area contributed by atoms with Crippen LogP contribution in [0.5, 0.6) is 0 Å². The van der Waals surface area contributed by atoms with Crippen LogP contribution in [0.25, 0.3) is 0 Å². The second-order valence-corrected chi connectivity index (χ2v) is 6.34. The summed E-state index contributed by atoms with van der Waals surface area (Å²) in [5.74, 6) is 1.77. The van der Waals surface area contributed by atoms with Crippen molar-refractivity contribution in [2.24, 2.45) is 17.6 Å². The predicted molar refractivity (Wildman–Crippen MR) is 85.4 cm³/mol. The Hall–Kier alpha value is -0.930. The fraction of sp³-hybridized carbons (Fsp3) is 0.562. The summed E-state index contributed by atoms with van der Waals surface area (Å²) in [4.78, 5) is 3.12. The molecule has 3 heteroatoms. The van der Waals surface area contributed by atoms with Crippen LogP contribution in [-0.4, -0.2) is 29.5 Å². The molecule has 1 aromatic rings. The van der Waals surface area contributed by atoms with Crippen molar-refractivity contribution in [1.82, 2.24) is 4.90 Å². The number of piperidine rings is 1. The SMILES string of the molecule is CC1CCN(CC(C(N)=S)c2ccccc2)CC1C. The Bertz CT molecular complexity index is 418. The molecule has 0 amide bonds. The largest absolute Gasteiger partial charge is 0.393 e. The van der Waals surface area contributed by atoms with Crippen LogP contribution >= 0.6 is 12.2 Å². The Morgan fingerprint density at radius 1 is 1.32 bits per heavy atom. The summed E-state index contributed by atoms with van der Waals surface area (Å²) >= 11 is 5.27. The number of benzene rings is 1. The average Bonchev–Trinajstić information content (AvgIpc) is 2.40. The van der Waals surface area contributed by atoms with E-state index < -0.39 is 0 Å². The van der Waals surface area contributed by atoms with E-state index in [0.717, 1.165) is 31.5 Å². The van der Waals surface area contributed by atoms with Crippen LogP contribution < -0.4 is 5.73 Å². The van der Waals surface area contributed by atoms with E-state index in [4.69, 9.17) is 18.0 Å². The molecule has 2 nitrogen and oxygen atoms in total. The molecule has 1 aliphatic heterocycles. The molecule has 3 atom stereocenters. The third kappa shape index (κ3) is 3.77. The van der Waals surface area contributed by atoms with Gasteiger partial charge in [0.25, 0.3) is 0 Å². The minimum absolute atomic E-state index is 0.178. The molecule has 1 aliphatic rings. The summed E-state index contributed by atoms with van der Waals surface area (Å²) < 4.78 is 0. The van der Waals surface area contributed by atoms with Gasteiger partial charge in [0.1, 0.15) is 0 Å². The summed E-state index contributed by atoms with van der Waals surface area (Å²) in [6.45, 7) is 7.97. The number of likely N-dealkylation sites (tertiary alicyclic amines) is 1. The van der Waals surface area contributed by atoms with Gasteiger partial charge in [-0.05, 0) is 30.4 Å². The van der Waals surface area contributed by atoms with E-state index >= 15 is 0 Å². The van der Waals surface area contributed by atoms with Crippen LogP contribution in [0, 0.1) is 11.8 Å². The smallest absolute Gasteiger partial charge is 0.0816 e. The minimum atomic E-state index is 0.178. The summed E-state index contributed by atoms with van der Waals surface area (Å²) in [5, 5.41) is 0. The lowest BCUT2D eigenvalue weighted by Crippen LogP contribution is -2.42. The van der Waals surface area contributed by atoms with E-state index in [1.165, 1.54) is 12.0 Å². The maximum Gasteiger partial charge on any atom is 0.0816 e. The zero-order valence-corrected chi connectivity index (χ0v) is 12.7. The van der Waals surface area contributed by atoms with Gasteiger partial charge < -0.3 is 10.6 Å². The molecule has 0 spiro atoms. The highest BCUT2D eigenvalue weighted by molar-refractivity contribution is 7.80. The first-order valence-corrected chi connectivity index (χ1v) is 7.55. The lowest BCUT2D eigenvalue weighted by molar-refractivity contribution is 0.137. The van der Waals surface area contributed by atoms with E-state index in [-0.39, 0.29) is 5.92 Å². The molecule has 3 unspecified atom stereocenters. The van der Waals surface area contributed by atoms with Gasteiger partial charge in [-0.25, -0.2) is 0 Å². The normalized spacial score (nSPS) is 26.0. The van der Waals surface area contributed by atoms with Crippen LogP contribution in [0.4, 0.5) is 0 Å². The monoisotopic (exact) mass is 276 g/mol. The molecule has 1 aromatic carbocycles. The maximum atomic E-state index is 5.95. The lowest BCUT2D eigenvalue weighted by atomic mass is 9.87. The molecular weight excluding hydrogens is 252 g/mol. The molecule has 2 N–H and O–H groups in total. The van der Waals surface area contributed by atoms with Crippen molar-refractivity contribution in [3.05, 3.63) is 35.9 Å². The van der Waals surface area contributed by atoms with E-state index in [1.54, 1.807) is 0 Å². The third-order valence-corrected chi connectivity index (χ3v) is 4.69. The molecule has 0 aromatic heterocycles. The first kappa shape index (κ1) is 14.5. The Morgan fingerprint density at radius 2 is 2.00 bits per heavy atom. The fourth-order valence-electron chi connectivity index (χ4n) is 2.82. The molecule has 0 radical (unpaired) electrons. The van der Waals surface area contributed by atoms with Crippen LogP contribution in [0.3, 0.4) is 0 Å². The molecule has 0 bridgehead atoms. The molecule has 1 saturated heterocycles. The quantitative estimate of drug-likeness (QED) is 0.857. The Labute approximate surface area is 122 Å². The molecule has 104 valence electrons. The second-order valence-electron chi connectivity index (χ2n) is 5.87. The van der Waals surface area contributed by atoms with E-state index in [0.29, 0.717) is 4.99 Å². The van der Waals surface area contributed by atoms with E-state index in [9.17, 15) is 0 Å². The van der Waals surface area contributed by atoms with Crippen molar-refractivity contribution in [2.45, 2.75) is 26.2 Å². The van der Waals surface area contributed by atoms with Crippen molar-refractivity contribution in [3.8, 4) is 0 Å². The maximum absolute atomic E-state index is 5.95. The highest BCUT2D eigenvalue weighted by Gasteiger charge is 2.25. The van der Waals surface area contributed by atoms with Gasteiger partial charge in [0.05, 0.1) is 4.99 Å². The summed E-state index contributed by atoms with van der Waals surface area (Å²) in [5.41, 5.74) is 7.19. The van der Waals surface area contributed by atoms with Gasteiger partial charge in [-0.3, -0.25) is 0 Å². The van der Waals surface area contributed by atoms with Crippen LogP contribution in [0.15, 0.2) is 30.3 Å². The summed E-state index contributed by atoms with van der Waals surface area (Å²) in [6, 6.07) is 10.4. The van der Waals surface area contributed by atoms with Gasteiger partial charge in [0, 0.05) is 19.0 Å². The van der Waals surface area contributed by atoms with Gasteiger partial charge in [0.2, 0.25) is 0 Å². The minimum Gasteiger partial charge on any atom is -0.393 e. The van der Waals surface area contributed by atoms with Crippen molar-refractivity contribution in [3.63, 3.8) is 0 Å². The van der Waals surface area contributed by atoms with Gasteiger partial charge in [-0.15, -0.1) is 0 Å². The Morgan fingerprint density at radius 3 is 2.58 bits per heavy atom. The molecule has 19 heavy (non-hydrogen) atoms. The number of nitrogens with two attached hydrogens (primary N) is 1. The highest BCUT2D eigenvalue weighted by Crippen LogP contribution is 2.25. The third-order valence-electron chi connectivity index (χ3n) is 4.40. The van der Waals surface area contributed by atoms with Crippen molar-refractivity contribution < 1.29 is 0 Å². The second kappa shape index (κ2) is 6.49. The lowest BCUT2D eigenvalue weighted by Gasteiger charge is -2.37. The molecule has 0 saturated carbocycles. The zero-order chi connectivity index (χ0) is 13.8. The predicted octanol–water partition coefficient (Wildman–Crippen LogP) is 3.03. The van der Waals surface area contributed by atoms with Gasteiger partial charge in [-0.1, -0.05) is 56.4 Å². The fourth-order valence-corrected chi connectivity index (χ4v) is 3.03. The number of hydrogen-bond acceptors (Lipinski definition) is 2. The number of hydrogen-bond donors (Lipinski definition) is 1. The van der Waals surface area contributed by atoms with Gasteiger partial charge in [-0.2, -0.15) is 0 Å². The molecule has 1 heterocycles. The topological polar surface area (TPSA) is 29.3 Å². The summed E-state index contributed by atoms with van der Waals surface area (Å²) in [7, 11) is 0. The van der Waals surface area contributed by atoms with Crippen molar-refractivity contribution >= 4 is 17.2 Å². The number of rotatable bonds is 4. The Balaban J connectivity index is 2.04. The van der Waals surface area contributed by atoms with Crippen LogP contribution in [0.2, 0.25) is 0 Å². The Kier molecular flexibility index (Phi) is 4.94. The number of nitrogens with zero attached hydrogens (tertiary/aromatic N) is 1. The molecule has 0 aliphatic carbocycles. The molecular formula is C16H24N2S. The van der Waals surface area contributed by atoms with Gasteiger partial charge >= 0.3 is 0 Å². The van der Waals surface area contributed by atoms with Crippen molar-refractivity contribution in [2.75, 3.05) is 19.6 Å². The number of thiocarbonyl (C=S) groups is 1. The highest BCUT2D eigenvalue weighted by atomic mass is 32.1. The van der Waals surface area contributed by atoms with Crippen LogP contribution in [0.1, 0.15) is 31.7 Å². The first-order chi connectivity index (χ1) is 9.08. The van der Waals surface area contributed by atoms with Gasteiger partial charge in [0.15, 0.2) is 0 Å². The first-order valence-electron chi connectivity index (χ1n) is 7.14. The summed E-state index contributed by atoms with van der Waals surface area (Å²) in [6.07, 6.45) is 1.28. The average molecular weight is 276 g/mol. The zero-order valence-electron chi connectivity index (χ0n) is 11.9. The standard InChI is InChI=1S/C16H24N2S/c1-12-8-9-18(10-13(12)2)11-15(16(17)19)14-6-4-3-5-7-14/h3-7,12-13,15H,8-11H2,1-2H3,(H2,17,19). The van der Waals surface area contributed by atoms with E-state index in [2.05, 4.69) is 43.0 Å². The van der Waals surface area contributed by atoms with Crippen LogP contribution in [-0.2, 0) is 0 Å². The van der Waals surface area contributed by atoms with Crippen molar-refractivity contribution in [1.29, 1.82) is 0 Å². The molecule has 1 fully saturated rings.